The number of para-hydroxylation sites is 1. The van der Waals surface area contributed by atoms with E-state index in [0.29, 0.717) is 31.1 Å². The number of nitrogens with zero attached hydrogens (tertiary/aromatic N) is 1. The largest absolute Gasteiger partial charge is 0.457 e. The lowest BCUT2D eigenvalue weighted by Gasteiger charge is -2.32. The third-order valence-electron chi connectivity index (χ3n) is 3.95. The van der Waals surface area contributed by atoms with Crippen LogP contribution in [0.25, 0.3) is 0 Å². The predicted molar refractivity (Wildman–Crippen MR) is 93.6 cm³/mol. The van der Waals surface area contributed by atoms with Crippen LogP contribution in [-0.2, 0) is 4.74 Å². The van der Waals surface area contributed by atoms with Gasteiger partial charge in [-0.25, -0.2) is 4.79 Å². The molecule has 1 fully saturated rings. The van der Waals surface area contributed by atoms with Gasteiger partial charge in [0.25, 0.3) is 0 Å². The number of rotatable bonds is 4. The van der Waals surface area contributed by atoms with E-state index in [2.05, 4.69) is 12.2 Å². The topological polar surface area (TPSA) is 50.8 Å². The second kappa shape index (κ2) is 7.84. The van der Waals surface area contributed by atoms with Crippen molar-refractivity contribution in [1.29, 1.82) is 0 Å². The van der Waals surface area contributed by atoms with E-state index < -0.39 is 0 Å². The molecule has 1 aliphatic rings. The Bertz CT molecular complexity index is 675. The Morgan fingerprint density at radius 2 is 2.00 bits per heavy atom. The summed E-state index contributed by atoms with van der Waals surface area (Å²) >= 11 is 0. The first-order valence-corrected chi connectivity index (χ1v) is 8.25. The van der Waals surface area contributed by atoms with Crippen LogP contribution in [-0.4, -0.2) is 36.7 Å². The van der Waals surface area contributed by atoms with Crippen LogP contribution in [0.15, 0.2) is 54.6 Å². The summed E-state index contributed by atoms with van der Waals surface area (Å²) in [4.78, 5) is 14.2. The molecule has 3 rings (SSSR count). The molecule has 0 bridgehead atoms. The predicted octanol–water partition coefficient (Wildman–Crippen LogP) is 4.12. The van der Waals surface area contributed by atoms with Crippen molar-refractivity contribution in [3.8, 4) is 11.5 Å². The maximum absolute atomic E-state index is 12.4. The molecule has 126 valence electrons. The third kappa shape index (κ3) is 4.26. The molecule has 24 heavy (non-hydrogen) atoms. The van der Waals surface area contributed by atoms with Gasteiger partial charge in [0.2, 0.25) is 0 Å². The Morgan fingerprint density at radius 3 is 2.79 bits per heavy atom. The fourth-order valence-electron chi connectivity index (χ4n) is 2.62. The molecule has 1 aliphatic heterocycles. The molecule has 1 N–H and O–H groups in total. The minimum Gasteiger partial charge on any atom is -0.457 e. The summed E-state index contributed by atoms with van der Waals surface area (Å²) in [6.45, 7) is 3.89. The Labute approximate surface area is 142 Å². The van der Waals surface area contributed by atoms with Crippen LogP contribution in [0.3, 0.4) is 0 Å². The molecular weight excluding hydrogens is 304 g/mol. The molecule has 0 aromatic heterocycles. The number of hydrogen-bond acceptors (Lipinski definition) is 3. The fourth-order valence-corrected chi connectivity index (χ4v) is 2.62. The van der Waals surface area contributed by atoms with Gasteiger partial charge in [0.1, 0.15) is 11.5 Å². The number of carbonyl (C=O) groups is 1. The molecule has 1 atom stereocenters. The average Bonchev–Trinajstić information content (AvgIpc) is 2.63. The van der Waals surface area contributed by atoms with E-state index in [1.165, 1.54) is 0 Å². The highest BCUT2D eigenvalue weighted by molar-refractivity contribution is 5.89. The molecule has 0 unspecified atom stereocenters. The monoisotopic (exact) mass is 326 g/mol. The van der Waals surface area contributed by atoms with Gasteiger partial charge in [-0.1, -0.05) is 31.2 Å². The maximum Gasteiger partial charge on any atom is 0.322 e. The number of hydrogen-bond donors (Lipinski definition) is 1. The standard InChI is InChI=1S/C19H22N2O3/c1-2-16-14-21(11-12-23-16)19(22)20-15-7-6-10-18(13-15)24-17-8-4-3-5-9-17/h3-10,13,16H,2,11-12,14H2,1H3,(H,20,22)/t16-/m0/s1. The zero-order valence-corrected chi connectivity index (χ0v) is 13.8. The smallest absolute Gasteiger partial charge is 0.322 e. The van der Waals surface area contributed by atoms with Crippen LogP contribution in [0.1, 0.15) is 13.3 Å². The van der Waals surface area contributed by atoms with Crippen LogP contribution in [0.4, 0.5) is 10.5 Å². The van der Waals surface area contributed by atoms with Gasteiger partial charge in [0, 0.05) is 24.8 Å². The summed E-state index contributed by atoms with van der Waals surface area (Å²) in [5, 5.41) is 2.93. The fraction of sp³-hybridized carbons (Fsp3) is 0.316. The molecule has 2 aromatic carbocycles. The number of benzene rings is 2. The van der Waals surface area contributed by atoms with E-state index in [1.807, 2.05) is 54.6 Å². The van der Waals surface area contributed by atoms with Gasteiger partial charge in [0.15, 0.2) is 0 Å². The first kappa shape index (κ1) is 16.3. The van der Waals surface area contributed by atoms with Crippen molar-refractivity contribution in [1.82, 2.24) is 4.90 Å². The lowest BCUT2D eigenvalue weighted by molar-refractivity contribution is -0.0134. The summed E-state index contributed by atoms with van der Waals surface area (Å²) in [5.41, 5.74) is 0.716. The van der Waals surface area contributed by atoms with E-state index >= 15 is 0 Å². The highest BCUT2D eigenvalue weighted by Crippen LogP contribution is 2.24. The number of nitrogens with one attached hydrogen (secondary N) is 1. The molecule has 5 heteroatoms. The SMILES string of the molecule is CC[C@H]1CN(C(=O)Nc2cccc(Oc3ccccc3)c2)CCO1. The van der Waals surface area contributed by atoms with Crippen molar-refractivity contribution >= 4 is 11.7 Å². The van der Waals surface area contributed by atoms with Crippen LogP contribution < -0.4 is 10.1 Å². The summed E-state index contributed by atoms with van der Waals surface area (Å²) in [6.07, 6.45) is 1.03. The number of morpholine rings is 1. The van der Waals surface area contributed by atoms with Gasteiger partial charge in [-0.15, -0.1) is 0 Å². The molecule has 1 heterocycles. The molecule has 0 spiro atoms. The van der Waals surface area contributed by atoms with E-state index in [-0.39, 0.29) is 12.1 Å². The van der Waals surface area contributed by atoms with Crippen molar-refractivity contribution in [3.63, 3.8) is 0 Å². The first-order valence-electron chi connectivity index (χ1n) is 8.25. The Kier molecular flexibility index (Phi) is 5.33. The molecule has 1 saturated heterocycles. The Morgan fingerprint density at radius 1 is 1.21 bits per heavy atom. The molecule has 2 aromatic rings. The number of anilines is 1. The molecule has 0 aliphatic carbocycles. The van der Waals surface area contributed by atoms with Crippen LogP contribution >= 0.6 is 0 Å². The average molecular weight is 326 g/mol. The summed E-state index contributed by atoms with van der Waals surface area (Å²) in [5.74, 6) is 1.45. The van der Waals surface area contributed by atoms with E-state index in [1.54, 1.807) is 4.90 Å². The minimum atomic E-state index is -0.103. The van der Waals surface area contributed by atoms with Crippen molar-refractivity contribution in [2.45, 2.75) is 19.4 Å². The van der Waals surface area contributed by atoms with Gasteiger partial charge < -0.3 is 19.7 Å². The normalized spacial score (nSPS) is 17.4. The zero-order valence-electron chi connectivity index (χ0n) is 13.8. The van der Waals surface area contributed by atoms with Crippen LogP contribution in [0, 0.1) is 0 Å². The van der Waals surface area contributed by atoms with Gasteiger partial charge in [-0.05, 0) is 30.7 Å². The van der Waals surface area contributed by atoms with Crippen molar-refractivity contribution in [2.75, 3.05) is 25.0 Å². The highest BCUT2D eigenvalue weighted by Gasteiger charge is 2.23. The summed E-state index contributed by atoms with van der Waals surface area (Å²) in [7, 11) is 0. The summed E-state index contributed by atoms with van der Waals surface area (Å²) in [6, 6.07) is 16.9. The zero-order chi connectivity index (χ0) is 16.8. The molecule has 2 amide bonds. The van der Waals surface area contributed by atoms with E-state index in [0.717, 1.165) is 12.2 Å². The molecule has 0 radical (unpaired) electrons. The first-order chi connectivity index (χ1) is 11.7. The van der Waals surface area contributed by atoms with Crippen LogP contribution in [0.5, 0.6) is 11.5 Å². The quantitative estimate of drug-likeness (QED) is 0.919. The van der Waals surface area contributed by atoms with Gasteiger partial charge in [-0.2, -0.15) is 0 Å². The Hall–Kier alpha value is -2.53. The van der Waals surface area contributed by atoms with E-state index in [4.69, 9.17) is 9.47 Å². The maximum atomic E-state index is 12.4. The number of carbonyl (C=O) groups excluding carboxylic acids is 1. The number of amides is 2. The Balaban J connectivity index is 1.63. The second-order valence-electron chi connectivity index (χ2n) is 5.72. The van der Waals surface area contributed by atoms with Crippen molar-refractivity contribution < 1.29 is 14.3 Å². The van der Waals surface area contributed by atoms with Gasteiger partial charge in [-0.3, -0.25) is 0 Å². The summed E-state index contributed by atoms with van der Waals surface area (Å²) < 4.78 is 11.4. The highest BCUT2D eigenvalue weighted by atomic mass is 16.5. The molecule has 5 nitrogen and oxygen atoms in total. The second-order valence-corrected chi connectivity index (χ2v) is 5.72. The molecular formula is C19H22N2O3. The van der Waals surface area contributed by atoms with Gasteiger partial charge >= 0.3 is 6.03 Å². The van der Waals surface area contributed by atoms with Crippen LogP contribution in [0.2, 0.25) is 0 Å². The third-order valence-corrected chi connectivity index (χ3v) is 3.95. The number of urea groups is 1. The van der Waals surface area contributed by atoms with Crippen molar-refractivity contribution in [2.24, 2.45) is 0 Å². The minimum absolute atomic E-state index is 0.103. The molecule has 0 saturated carbocycles. The van der Waals surface area contributed by atoms with Crippen molar-refractivity contribution in [3.05, 3.63) is 54.6 Å². The van der Waals surface area contributed by atoms with Gasteiger partial charge in [0.05, 0.1) is 12.7 Å². The lowest BCUT2D eigenvalue weighted by atomic mass is 10.2. The number of ether oxygens (including phenoxy) is 2. The lowest BCUT2D eigenvalue weighted by Crippen LogP contribution is -2.47. The van der Waals surface area contributed by atoms with E-state index in [9.17, 15) is 4.79 Å².